The van der Waals surface area contributed by atoms with Gasteiger partial charge in [0.25, 0.3) is 5.91 Å². The van der Waals surface area contributed by atoms with Gasteiger partial charge in [0.15, 0.2) is 0 Å². The van der Waals surface area contributed by atoms with Crippen LogP contribution in [0.3, 0.4) is 0 Å². The number of rotatable bonds is 6. The van der Waals surface area contributed by atoms with E-state index in [0.717, 1.165) is 28.4 Å². The first kappa shape index (κ1) is 23.1. The molecule has 1 aliphatic heterocycles. The van der Waals surface area contributed by atoms with Gasteiger partial charge in [0, 0.05) is 43.1 Å². The number of hydrogen-bond acceptors (Lipinski definition) is 4. The van der Waals surface area contributed by atoms with Gasteiger partial charge in [-0.05, 0) is 44.2 Å². The van der Waals surface area contributed by atoms with E-state index in [1.54, 1.807) is 18.9 Å². The third-order valence-corrected chi connectivity index (χ3v) is 8.02. The number of methoxy groups -OCH3 is 1. The van der Waals surface area contributed by atoms with Crippen molar-refractivity contribution in [2.75, 3.05) is 39.0 Å². The number of carbonyl (C=O) groups is 1. The fourth-order valence-corrected chi connectivity index (χ4v) is 5.34. The monoisotopic (exact) mass is 467 g/mol. The smallest absolute Gasteiger partial charge is 0.255 e. The van der Waals surface area contributed by atoms with Crippen molar-refractivity contribution in [3.63, 3.8) is 0 Å². The fourth-order valence-electron chi connectivity index (χ4n) is 4.25. The summed E-state index contributed by atoms with van der Waals surface area (Å²) < 4.78 is 33.3. The second-order valence-electron chi connectivity index (χ2n) is 8.02. The molecule has 1 amide bonds. The van der Waals surface area contributed by atoms with Gasteiger partial charge in [-0.3, -0.25) is 4.79 Å². The molecule has 33 heavy (non-hydrogen) atoms. The van der Waals surface area contributed by atoms with E-state index in [0.29, 0.717) is 31.7 Å². The number of aromatic nitrogens is 1. The molecule has 8 heteroatoms. The molecule has 0 N–H and O–H groups in total. The summed E-state index contributed by atoms with van der Waals surface area (Å²) >= 11 is 0. The molecule has 0 saturated carbocycles. The molecular weight excluding hydrogens is 438 g/mol. The fraction of sp³-hybridized carbons (Fsp3) is 0.320. The summed E-state index contributed by atoms with van der Waals surface area (Å²) in [5.74, 6) is 0.733. The van der Waals surface area contributed by atoms with Gasteiger partial charge in [0.2, 0.25) is 10.0 Å². The molecule has 7 nitrogen and oxygen atoms in total. The maximum atomic E-state index is 13.5. The minimum absolute atomic E-state index is 0.0733. The van der Waals surface area contributed by atoms with E-state index in [9.17, 15) is 13.2 Å². The highest BCUT2D eigenvalue weighted by molar-refractivity contribution is 7.89. The summed E-state index contributed by atoms with van der Waals surface area (Å²) in [6, 6.07) is 19.6. The van der Waals surface area contributed by atoms with Crippen LogP contribution in [0.25, 0.3) is 16.9 Å². The van der Waals surface area contributed by atoms with Gasteiger partial charge < -0.3 is 14.2 Å². The molecule has 2 heterocycles. The van der Waals surface area contributed by atoms with Crippen LogP contribution < -0.4 is 4.74 Å². The van der Waals surface area contributed by atoms with Crippen LogP contribution >= 0.6 is 0 Å². The molecule has 0 bridgehead atoms. The number of carbonyl (C=O) groups excluding carboxylic acids is 1. The van der Waals surface area contributed by atoms with Gasteiger partial charge in [0.05, 0.1) is 24.1 Å². The van der Waals surface area contributed by atoms with Gasteiger partial charge >= 0.3 is 0 Å². The maximum Gasteiger partial charge on any atom is 0.255 e. The standard InChI is InChI=1S/C25H29N3O4S/c1-4-33(30,31)27-15-13-26(14-16-27)25(29)23-18-24(20-9-8-12-22(17-20)32-3)28(19(23)2)21-10-6-5-7-11-21/h5-12,17-18H,4,13-16H2,1-3H3. The highest BCUT2D eigenvalue weighted by Gasteiger charge is 2.30. The first-order valence-electron chi connectivity index (χ1n) is 11.0. The summed E-state index contributed by atoms with van der Waals surface area (Å²) in [4.78, 5) is 15.3. The first-order valence-corrected chi connectivity index (χ1v) is 12.7. The second-order valence-corrected chi connectivity index (χ2v) is 10.3. The van der Waals surface area contributed by atoms with Crippen LogP contribution in [-0.4, -0.2) is 67.1 Å². The molecule has 0 aliphatic carbocycles. The number of para-hydroxylation sites is 1. The van der Waals surface area contributed by atoms with Crippen LogP contribution in [0.2, 0.25) is 0 Å². The Hall–Kier alpha value is -3.10. The minimum atomic E-state index is -3.25. The van der Waals surface area contributed by atoms with Crippen molar-refractivity contribution in [1.29, 1.82) is 0 Å². The van der Waals surface area contributed by atoms with E-state index < -0.39 is 10.0 Å². The highest BCUT2D eigenvalue weighted by Crippen LogP contribution is 2.32. The second kappa shape index (κ2) is 9.41. The van der Waals surface area contributed by atoms with E-state index >= 15 is 0 Å². The van der Waals surface area contributed by atoms with E-state index in [1.807, 2.05) is 67.6 Å². The highest BCUT2D eigenvalue weighted by atomic mass is 32.2. The van der Waals surface area contributed by atoms with Crippen molar-refractivity contribution in [3.8, 4) is 22.7 Å². The molecule has 0 atom stereocenters. The van der Waals surface area contributed by atoms with Gasteiger partial charge in [-0.2, -0.15) is 4.31 Å². The number of amides is 1. The SMILES string of the molecule is CCS(=O)(=O)N1CCN(C(=O)c2cc(-c3cccc(OC)c3)n(-c3ccccc3)c2C)CC1. The average Bonchev–Trinajstić information content (AvgIpc) is 3.21. The third-order valence-electron chi connectivity index (χ3n) is 6.14. The molecular formula is C25H29N3O4S. The van der Waals surface area contributed by atoms with Crippen molar-refractivity contribution < 1.29 is 17.9 Å². The van der Waals surface area contributed by atoms with Crippen LogP contribution in [0.1, 0.15) is 23.0 Å². The summed E-state index contributed by atoms with van der Waals surface area (Å²) in [6.07, 6.45) is 0. The lowest BCUT2D eigenvalue weighted by Gasteiger charge is -2.33. The van der Waals surface area contributed by atoms with Crippen molar-refractivity contribution in [1.82, 2.24) is 13.8 Å². The predicted molar refractivity (Wildman–Crippen MR) is 129 cm³/mol. The zero-order valence-electron chi connectivity index (χ0n) is 19.2. The van der Waals surface area contributed by atoms with E-state index in [-0.39, 0.29) is 11.7 Å². The van der Waals surface area contributed by atoms with Gasteiger partial charge in [-0.15, -0.1) is 0 Å². The number of sulfonamides is 1. The Bertz CT molecular complexity index is 1240. The Balaban J connectivity index is 1.71. The summed E-state index contributed by atoms with van der Waals surface area (Å²) in [5, 5.41) is 0. The lowest BCUT2D eigenvalue weighted by atomic mass is 10.1. The van der Waals surface area contributed by atoms with Crippen LogP contribution in [0.4, 0.5) is 0 Å². The molecule has 1 aliphatic rings. The molecule has 0 unspecified atom stereocenters. The molecule has 174 valence electrons. The summed E-state index contributed by atoms with van der Waals surface area (Å²) in [5.41, 5.74) is 4.26. The van der Waals surface area contributed by atoms with Crippen molar-refractivity contribution in [2.45, 2.75) is 13.8 Å². The topological polar surface area (TPSA) is 71.8 Å². The lowest BCUT2D eigenvalue weighted by Crippen LogP contribution is -2.50. The molecule has 3 aromatic rings. The largest absolute Gasteiger partial charge is 0.497 e. The van der Waals surface area contributed by atoms with Crippen LogP contribution in [0.15, 0.2) is 60.7 Å². The van der Waals surface area contributed by atoms with E-state index in [2.05, 4.69) is 4.57 Å². The Labute approximate surface area is 195 Å². The van der Waals surface area contributed by atoms with Gasteiger partial charge in [0.1, 0.15) is 5.75 Å². The van der Waals surface area contributed by atoms with E-state index in [1.165, 1.54) is 4.31 Å². The number of piperazine rings is 1. The first-order chi connectivity index (χ1) is 15.9. The predicted octanol–water partition coefficient (Wildman–Crippen LogP) is 3.57. The zero-order valence-corrected chi connectivity index (χ0v) is 20.0. The number of hydrogen-bond donors (Lipinski definition) is 0. The molecule has 1 aromatic heterocycles. The molecule has 2 aromatic carbocycles. The van der Waals surface area contributed by atoms with Crippen LogP contribution in [0, 0.1) is 6.92 Å². The lowest BCUT2D eigenvalue weighted by molar-refractivity contribution is 0.0697. The Morgan fingerprint density at radius 1 is 0.970 bits per heavy atom. The Morgan fingerprint density at radius 3 is 2.30 bits per heavy atom. The number of ether oxygens (including phenoxy) is 1. The van der Waals surface area contributed by atoms with Crippen LogP contribution in [0.5, 0.6) is 5.75 Å². The number of benzene rings is 2. The molecule has 0 spiro atoms. The van der Waals surface area contributed by atoms with Crippen molar-refractivity contribution in [3.05, 3.63) is 71.9 Å². The normalized spacial score (nSPS) is 14.9. The molecule has 0 radical (unpaired) electrons. The van der Waals surface area contributed by atoms with Crippen molar-refractivity contribution >= 4 is 15.9 Å². The third kappa shape index (κ3) is 4.54. The summed E-state index contributed by atoms with van der Waals surface area (Å²) in [6.45, 7) is 4.99. The quantitative estimate of drug-likeness (QED) is 0.556. The van der Waals surface area contributed by atoms with Gasteiger partial charge in [-0.1, -0.05) is 30.3 Å². The zero-order chi connectivity index (χ0) is 23.6. The molecule has 1 saturated heterocycles. The van der Waals surface area contributed by atoms with E-state index in [4.69, 9.17) is 4.74 Å². The van der Waals surface area contributed by atoms with Gasteiger partial charge in [-0.25, -0.2) is 8.42 Å². The Morgan fingerprint density at radius 2 is 1.67 bits per heavy atom. The maximum absolute atomic E-state index is 13.5. The van der Waals surface area contributed by atoms with Crippen LogP contribution in [-0.2, 0) is 10.0 Å². The molecule has 4 rings (SSSR count). The minimum Gasteiger partial charge on any atom is -0.497 e. The summed E-state index contributed by atoms with van der Waals surface area (Å²) in [7, 11) is -1.61. The number of nitrogens with zero attached hydrogens (tertiary/aromatic N) is 3. The Kier molecular flexibility index (Phi) is 6.58. The average molecular weight is 468 g/mol. The van der Waals surface area contributed by atoms with Crippen molar-refractivity contribution in [2.24, 2.45) is 0 Å². The molecule has 1 fully saturated rings.